The Hall–Kier alpha value is -1.79. The summed E-state index contributed by atoms with van der Waals surface area (Å²) >= 11 is 0. The van der Waals surface area contributed by atoms with Gasteiger partial charge in [0.2, 0.25) is 0 Å². The minimum atomic E-state index is -0.0904. The first-order valence-corrected chi connectivity index (χ1v) is 10.2. The van der Waals surface area contributed by atoms with Gasteiger partial charge in [-0.3, -0.25) is 4.79 Å². The van der Waals surface area contributed by atoms with Crippen LogP contribution in [0.2, 0.25) is 0 Å². The molecule has 0 aromatic heterocycles. The molecule has 0 radical (unpaired) electrons. The molecule has 1 aliphatic heterocycles. The van der Waals surface area contributed by atoms with Gasteiger partial charge in [0.05, 0.1) is 30.5 Å². The number of ether oxygens (including phenoxy) is 3. The van der Waals surface area contributed by atoms with Crippen molar-refractivity contribution in [2.24, 2.45) is 5.92 Å². The standard InChI is InChI=1S/C21H32N2O4/c1-2-25-21(24)16-7-9-17(10-8-16)23-19-11-6-15(13-18(19)22)14-27-20-5-3-4-12-26-20/h6,11,13,16-17,20,23H,2-5,7-10,12,14,22H2,1H3. The van der Waals surface area contributed by atoms with Gasteiger partial charge < -0.3 is 25.3 Å². The van der Waals surface area contributed by atoms with Gasteiger partial charge in [-0.15, -0.1) is 0 Å². The van der Waals surface area contributed by atoms with E-state index in [0.29, 0.717) is 19.3 Å². The van der Waals surface area contributed by atoms with Crippen LogP contribution in [0.4, 0.5) is 11.4 Å². The van der Waals surface area contributed by atoms with E-state index in [-0.39, 0.29) is 18.2 Å². The van der Waals surface area contributed by atoms with E-state index in [4.69, 9.17) is 19.9 Å². The number of benzene rings is 1. The van der Waals surface area contributed by atoms with Crippen molar-refractivity contribution in [3.63, 3.8) is 0 Å². The molecule has 2 fully saturated rings. The minimum Gasteiger partial charge on any atom is -0.466 e. The first-order chi connectivity index (χ1) is 13.2. The van der Waals surface area contributed by atoms with E-state index in [1.54, 1.807) is 0 Å². The van der Waals surface area contributed by atoms with E-state index >= 15 is 0 Å². The van der Waals surface area contributed by atoms with Crippen LogP contribution >= 0.6 is 0 Å². The van der Waals surface area contributed by atoms with Crippen molar-refractivity contribution in [1.29, 1.82) is 0 Å². The quantitative estimate of drug-likeness (QED) is 0.556. The Morgan fingerprint density at radius 1 is 1.22 bits per heavy atom. The molecule has 2 aliphatic rings. The average Bonchev–Trinajstić information content (AvgIpc) is 2.70. The summed E-state index contributed by atoms with van der Waals surface area (Å²) in [6.07, 6.45) is 6.78. The normalized spacial score (nSPS) is 25.7. The Bertz CT molecular complexity index is 608. The molecule has 0 spiro atoms. The zero-order valence-corrected chi connectivity index (χ0v) is 16.2. The Morgan fingerprint density at radius 3 is 2.70 bits per heavy atom. The van der Waals surface area contributed by atoms with Gasteiger partial charge >= 0.3 is 5.97 Å². The molecule has 0 amide bonds. The van der Waals surface area contributed by atoms with Crippen molar-refractivity contribution in [2.45, 2.75) is 70.8 Å². The molecule has 1 saturated heterocycles. The monoisotopic (exact) mass is 376 g/mol. The van der Waals surface area contributed by atoms with E-state index in [2.05, 4.69) is 5.32 Å². The van der Waals surface area contributed by atoms with Crippen LogP contribution < -0.4 is 11.1 Å². The molecule has 6 heteroatoms. The molecule has 1 unspecified atom stereocenters. The number of nitrogen functional groups attached to an aromatic ring is 1. The second-order valence-corrected chi connectivity index (χ2v) is 7.47. The molecule has 1 saturated carbocycles. The van der Waals surface area contributed by atoms with Crippen LogP contribution in [0, 0.1) is 5.92 Å². The van der Waals surface area contributed by atoms with Gasteiger partial charge in [-0.05, 0) is 69.6 Å². The molecular formula is C21H32N2O4. The van der Waals surface area contributed by atoms with Crippen LogP contribution in [0.5, 0.6) is 0 Å². The Labute approximate surface area is 161 Å². The van der Waals surface area contributed by atoms with Crippen LogP contribution in [0.3, 0.4) is 0 Å². The maximum Gasteiger partial charge on any atom is 0.308 e. The van der Waals surface area contributed by atoms with E-state index in [0.717, 1.165) is 68.5 Å². The summed E-state index contributed by atoms with van der Waals surface area (Å²) in [7, 11) is 0. The van der Waals surface area contributed by atoms with Crippen LogP contribution in [0.1, 0.15) is 57.4 Å². The second kappa shape index (κ2) is 9.95. The fourth-order valence-electron chi connectivity index (χ4n) is 3.82. The number of hydrogen-bond donors (Lipinski definition) is 2. The predicted molar refractivity (Wildman–Crippen MR) is 105 cm³/mol. The van der Waals surface area contributed by atoms with Crippen LogP contribution in [-0.2, 0) is 25.6 Å². The minimum absolute atomic E-state index is 0.0434. The lowest BCUT2D eigenvalue weighted by Crippen LogP contribution is -2.30. The fourth-order valence-corrected chi connectivity index (χ4v) is 3.82. The SMILES string of the molecule is CCOC(=O)C1CCC(Nc2ccc(COC3CCCCO3)cc2N)CC1. The summed E-state index contributed by atoms with van der Waals surface area (Å²) in [5.74, 6) is -0.0105. The molecule has 150 valence electrons. The summed E-state index contributed by atoms with van der Waals surface area (Å²) in [4.78, 5) is 11.8. The largest absolute Gasteiger partial charge is 0.466 e. The number of nitrogens with two attached hydrogens (primary N) is 1. The van der Waals surface area contributed by atoms with Crippen molar-refractivity contribution < 1.29 is 19.0 Å². The van der Waals surface area contributed by atoms with Gasteiger partial charge in [0, 0.05) is 12.6 Å². The molecule has 1 aromatic carbocycles. The topological polar surface area (TPSA) is 82.8 Å². The third-order valence-electron chi connectivity index (χ3n) is 5.40. The molecule has 3 rings (SSSR count). The Kier molecular flexibility index (Phi) is 7.35. The first kappa shape index (κ1) is 20.0. The van der Waals surface area contributed by atoms with Gasteiger partial charge in [0.25, 0.3) is 0 Å². The Balaban J connectivity index is 1.46. The highest BCUT2D eigenvalue weighted by Gasteiger charge is 2.27. The van der Waals surface area contributed by atoms with Crippen LogP contribution in [0.15, 0.2) is 18.2 Å². The number of hydrogen-bond acceptors (Lipinski definition) is 6. The first-order valence-electron chi connectivity index (χ1n) is 10.2. The van der Waals surface area contributed by atoms with E-state index in [9.17, 15) is 4.79 Å². The third-order valence-corrected chi connectivity index (χ3v) is 5.40. The third kappa shape index (κ3) is 5.84. The average molecular weight is 376 g/mol. The van der Waals surface area contributed by atoms with Gasteiger partial charge in [-0.2, -0.15) is 0 Å². The number of anilines is 2. The summed E-state index contributed by atoms with van der Waals surface area (Å²) in [5, 5.41) is 3.53. The lowest BCUT2D eigenvalue weighted by molar-refractivity contribution is -0.168. The second-order valence-electron chi connectivity index (χ2n) is 7.47. The summed E-state index contributed by atoms with van der Waals surface area (Å²) in [6.45, 7) is 3.61. The number of nitrogens with one attached hydrogen (secondary N) is 1. The molecule has 3 N–H and O–H groups in total. The van der Waals surface area contributed by atoms with Crippen LogP contribution in [0.25, 0.3) is 0 Å². The highest BCUT2D eigenvalue weighted by molar-refractivity contribution is 5.72. The zero-order valence-electron chi connectivity index (χ0n) is 16.2. The molecule has 1 aromatic rings. The van der Waals surface area contributed by atoms with Gasteiger partial charge in [0.1, 0.15) is 0 Å². The molecule has 1 aliphatic carbocycles. The predicted octanol–water partition coefficient (Wildman–Crippen LogP) is 3.85. The fraction of sp³-hybridized carbons (Fsp3) is 0.667. The van der Waals surface area contributed by atoms with Crippen molar-refractivity contribution in [1.82, 2.24) is 0 Å². The van der Waals surface area contributed by atoms with E-state index in [1.165, 1.54) is 0 Å². The van der Waals surface area contributed by atoms with Crippen molar-refractivity contribution in [2.75, 3.05) is 24.3 Å². The highest BCUT2D eigenvalue weighted by atomic mass is 16.7. The number of carbonyl (C=O) groups is 1. The van der Waals surface area contributed by atoms with Crippen molar-refractivity contribution in [3.05, 3.63) is 23.8 Å². The highest BCUT2D eigenvalue weighted by Crippen LogP contribution is 2.30. The molecule has 1 heterocycles. The number of carbonyl (C=O) groups excluding carboxylic acids is 1. The molecule has 27 heavy (non-hydrogen) atoms. The van der Waals surface area contributed by atoms with Crippen molar-refractivity contribution in [3.8, 4) is 0 Å². The van der Waals surface area contributed by atoms with Crippen molar-refractivity contribution >= 4 is 17.3 Å². The van der Waals surface area contributed by atoms with E-state index < -0.39 is 0 Å². The van der Waals surface area contributed by atoms with Gasteiger partial charge in [-0.25, -0.2) is 0 Å². The molecule has 6 nitrogen and oxygen atoms in total. The van der Waals surface area contributed by atoms with Crippen LogP contribution in [-0.4, -0.2) is 31.5 Å². The summed E-state index contributed by atoms with van der Waals surface area (Å²) < 4.78 is 16.6. The van der Waals surface area contributed by atoms with Gasteiger partial charge in [-0.1, -0.05) is 6.07 Å². The molecule has 0 bridgehead atoms. The number of rotatable bonds is 7. The summed E-state index contributed by atoms with van der Waals surface area (Å²) in [6, 6.07) is 6.38. The molecule has 1 atom stereocenters. The smallest absolute Gasteiger partial charge is 0.308 e. The Morgan fingerprint density at radius 2 is 2.04 bits per heavy atom. The number of esters is 1. The summed E-state index contributed by atoms with van der Waals surface area (Å²) in [5.41, 5.74) is 8.97. The maximum atomic E-state index is 11.8. The molecular weight excluding hydrogens is 344 g/mol. The van der Waals surface area contributed by atoms with E-state index in [1.807, 2.05) is 25.1 Å². The van der Waals surface area contributed by atoms with Gasteiger partial charge in [0.15, 0.2) is 6.29 Å². The zero-order chi connectivity index (χ0) is 19.1. The maximum absolute atomic E-state index is 11.8. The lowest BCUT2D eigenvalue weighted by Gasteiger charge is -2.29. The lowest BCUT2D eigenvalue weighted by atomic mass is 9.86.